The van der Waals surface area contributed by atoms with Gasteiger partial charge in [-0.1, -0.05) is 5.16 Å². The molecule has 0 aliphatic rings. The van der Waals surface area contributed by atoms with Gasteiger partial charge in [-0.2, -0.15) is 4.98 Å². The maximum absolute atomic E-state index is 4.99. The summed E-state index contributed by atoms with van der Waals surface area (Å²) >= 11 is 0. The lowest BCUT2D eigenvalue weighted by molar-refractivity contribution is 0.372. The fraction of sp³-hybridized carbons (Fsp3) is 0.250. The molecule has 2 rings (SSSR count). The molecule has 13 heavy (non-hydrogen) atoms. The van der Waals surface area contributed by atoms with Crippen LogP contribution in [0.15, 0.2) is 22.9 Å². The molecule has 0 unspecified atom stereocenters. The molecule has 0 saturated heterocycles. The van der Waals surface area contributed by atoms with Gasteiger partial charge < -0.3 is 14.8 Å². The first-order chi connectivity index (χ1) is 6.40. The van der Waals surface area contributed by atoms with Crippen LogP contribution in [0.4, 0.5) is 0 Å². The minimum Gasteiger partial charge on any atom is -0.359 e. The predicted octanol–water partition coefficient (Wildman–Crippen LogP) is 0.784. The van der Waals surface area contributed by atoms with Crippen molar-refractivity contribution in [3.05, 3.63) is 24.2 Å². The minimum atomic E-state index is 0.590. The van der Waals surface area contributed by atoms with E-state index in [4.69, 9.17) is 4.52 Å². The molecule has 2 heterocycles. The summed E-state index contributed by atoms with van der Waals surface area (Å²) in [5.41, 5.74) is 0.867. The van der Waals surface area contributed by atoms with Gasteiger partial charge in [0, 0.05) is 6.20 Å². The monoisotopic (exact) mass is 178 g/mol. The highest BCUT2D eigenvalue weighted by Gasteiger charge is 2.07. The van der Waals surface area contributed by atoms with Crippen molar-refractivity contribution in [1.82, 2.24) is 20.4 Å². The van der Waals surface area contributed by atoms with E-state index in [1.807, 2.05) is 25.4 Å². The molecule has 0 atom stereocenters. The van der Waals surface area contributed by atoms with Crippen LogP contribution in [0.5, 0.6) is 0 Å². The number of hydrogen-bond donors (Lipinski definition) is 2. The molecule has 68 valence electrons. The molecule has 0 aromatic carbocycles. The lowest BCUT2D eigenvalue weighted by Gasteiger charge is -1.87. The highest BCUT2D eigenvalue weighted by atomic mass is 16.5. The summed E-state index contributed by atoms with van der Waals surface area (Å²) in [7, 11) is 1.83. The zero-order chi connectivity index (χ0) is 9.10. The molecule has 0 aliphatic carbocycles. The first-order valence-corrected chi connectivity index (χ1v) is 4.01. The zero-order valence-corrected chi connectivity index (χ0v) is 7.24. The summed E-state index contributed by atoms with van der Waals surface area (Å²) < 4.78 is 4.99. The Morgan fingerprint density at radius 3 is 3.23 bits per heavy atom. The van der Waals surface area contributed by atoms with E-state index in [0.29, 0.717) is 18.3 Å². The lowest BCUT2D eigenvalue weighted by atomic mass is 10.4. The summed E-state index contributed by atoms with van der Waals surface area (Å²) in [6.07, 6.45) is 1.82. The molecule has 0 bridgehead atoms. The highest BCUT2D eigenvalue weighted by Crippen LogP contribution is 2.11. The van der Waals surface area contributed by atoms with E-state index in [-0.39, 0.29) is 0 Å². The van der Waals surface area contributed by atoms with Crippen molar-refractivity contribution in [2.24, 2.45) is 0 Å². The standard InChI is InChI=1S/C8H10N4O/c1-9-5-7-11-8(12-13-7)6-3-2-4-10-6/h2-4,9-10H,5H2,1H3. The fourth-order valence-corrected chi connectivity index (χ4v) is 1.06. The van der Waals surface area contributed by atoms with Gasteiger partial charge in [0.05, 0.1) is 12.2 Å². The third kappa shape index (κ3) is 1.59. The van der Waals surface area contributed by atoms with Crippen molar-refractivity contribution < 1.29 is 4.52 Å². The second kappa shape index (κ2) is 3.40. The maximum Gasteiger partial charge on any atom is 0.240 e. The van der Waals surface area contributed by atoms with Crippen LogP contribution in [0.3, 0.4) is 0 Å². The average molecular weight is 178 g/mol. The Bertz CT molecular complexity index is 365. The first kappa shape index (κ1) is 8.00. The number of aromatic amines is 1. The molecule has 5 nitrogen and oxygen atoms in total. The number of nitrogens with zero attached hydrogens (tertiary/aromatic N) is 2. The van der Waals surface area contributed by atoms with Crippen LogP contribution in [0.25, 0.3) is 11.5 Å². The quantitative estimate of drug-likeness (QED) is 0.729. The van der Waals surface area contributed by atoms with Gasteiger partial charge in [-0.15, -0.1) is 0 Å². The Balaban J connectivity index is 2.23. The summed E-state index contributed by atoms with van der Waals surface area (Å²) in [6.45, 7) is 0.591. The molecule has 0 spiro atoms. The van der Waals surface area contributed by atoms with Crippen LogP contribution < -0.4 is 5.32 Å². The summed E-state index contributed by atoms with van der Waals surface area (Å²) in [4.78, 5) is 7.17. The van der Waals surface area contributed by atoms with Gasteiger partial charge in [0.25, 0.3) is 0 Å². The second-order valence-corrected chi connectivity index (χ2v) is 2.63. The van der Waals surface area contributed by atoms with Crippen molar-refractivity contribution in [2.45, 2.75) is 6.54 Å². The van der Waals surface area contributed by atoms with Crippen molar-refractivity contribution in [3.63, 3.8) is 0 Å². The molecule has 0 saturated carbocycles. The van der Waals surface area contributed by atoms with Crippen molar-refractivity contribution >= 4 is 0 Å². The van der Waals surface area contributed by atoms with E-state index in [9.17, 15) is 0 Å². The van der Waals surface area contributed by atoms with Gasteiger partial charge >= 0.3 is 0 Å². The Hall–Kier alpha value is -1.62. The van der Waals surface area contributed by atoms with Crippen molar-refractivity contribution in [2.75, 3.05) is 7.05 Å². The van der Waals surface area contributed by atoms with Crippen molar-refractivity contribution in [3.8, 4) is 11.5 Å². The van der Waals surface area contributed by atoms with Gasteiger partial charge in [-0.05, 0) is 19.2 Å². The molecular weight excluding hydrogens is 168 g/mol. The Morgan fingerprint density at radius 2 is 2.54 bits per heavy atom. The Morgan fingerprint density at radius 1 is 1.62 bits per heavy atom. The largest absolute Gasteiger partial charge is 0.359 e. The average Bonchev–Trinajstić information content (AvgIpc) is 2.70. The lowest BCUT2D eigenvalue weighted by Crippen LogP contribution is -2.04. The normalized spacial score (nSPS) is 10.5. The van der Waals surface area contributed by atoms with Crippen LogP contribution in [-0.2, 0) is 6.54 Å². The van der Waals surface area contributed by atoms with Gasteiger partial charge in [0.2, 0.25) is 11.7 Å². The number of aromatic nitrogens is 3. The summed E-state index contributed by atoms with van der Waals surface area (Å²) in [6, 6.07) is 3.79. The van der Waals surface area contributed by atoms with Gasteiger partial charge in [0.15, 0.2) is 0 Å². The molecular formula is C8H10N4O. The minimum absolute atomic E-state index is 0.590. The second-order valence-electron chi connectivity index (χ2n) is 2.63. The van der Waals surface area contributed by atoms with E-state index >= 15 is 0 Å². The topological polar surface area (TPSA) is 66.7 Å². The number of H-pyrrole nitrogens is 1. The SMILES string of the molecule is CNCc1nc(-c2ccc[nH]2)no1. The van der Waals surface area contributed by atoms with Crippen LogP contribution in [0, 0.1) is 0 Å². The molecule has 2 aromatic heterocycles. The van der Waals surface area contributed by atoms with E-state index < -0.39 is 0 Å². The van der Waals surface area contributed by atoms with Crippen LogP contribution in [0.1, 0.15) is 5.89 Å². The third-order valence-corrected chi connectivity index (χ3v) is 1.63. The summed E-state index contributed by atoms with van der Waals surface area (Å²) in [5.74, 6) is 1.18. The van der Waals surface area contributed by atoms with Gasteiger partial charge in [0.1, 0.15) is 0 Å². The Kier molecular flexibility index (Phi) is 2.09. The Labute approximate surface area is 75.2 Å². The van der Waals surface area contributed by atoms with E-state index in [1.54, 1.807) is 0 Å². The van der Waals surface area contributed by atoms with Gasteiger partial charge in [-0.25, -0.2) is 0 Å². The van der Waals surface area contributed by atoms with Crippen LogP contribution >= 0.6 is 0 Å². The highest BCUT2D eigenvalue weighted by molar-refractivity contribution is 5.47. The molecule has 2 aromatic rings. The maximum atomic E-state index is 4.99. The molecule has 0 amide bonds. The first-order valence-electron chi connectivity index (χ1n) is 4.01. The van der Waals surface area contributed by atoms with Crippen LogP contribution in [0.2, 0.25) is 0 Å². The van der Waals surface area contributed by atoms with E-state index in [2.05, 4.69) is 20.4 Å². The van der Waals surface area contributed by atoms with E-state index in [0.717, 1.165) is 5.69 Å². The zero-order valence-electron chi connectivity index (χ0n) is 7.24. The molecule has 2 N–H and O–H groups in total. The molecule has 5 heteroatoms. The molecule has 0 fully saturated rings. The van der Waals surface area contributed by atoms with E-state index in [1.165, 1.54) is 0 Å². The number of nitrogens with one attached hydrogen (secondary N) is 2. The third-order valence-electron chi connectivity index (χ3n) is 1.63. The predicted molar refractivity (Wildman–Crippen MR) is 46.8 cm³/mol. The number of rotatable bonds is 3. The molecule has 0 aliphatic heterocycles. The van der Waals surface area contributed by atoms with Crippen molar-refractivity contribution in [1.29, 1.82) is 0 Å². The van der Waals surface area contributed by atoms with Gasteiger partial charge in [-0.3, -0.25) is 0 Å². The smallest absolute Gasteiger partial charge is 0.240 e. The number of hydrogen-bond acceptors (Lipinski definition) is 4. The summed E-state index contributed by atoms with van der Waals surface area (Å²) in [5, 5.41) is 6.76. The molecule has 0 radical (unpaired) electrons. The van der Waals surface area contributed by atoms with Crippen LogP contribution in [-0.4, -0.2) is 22.2 Å². The fourth-order valence-electron chi connectivity index (χ4n) is 1.06.